The highest BCUT2D eigenvalue weighted by atomic mass is 19.1. The highest BCUT2D eigenvalue weighted by molar-refractivity contribution is 6.07. The second kappa shape index (κ2) is 14.2. The van der Waals surface area contributed by atoms with Gasteiger partial charge in [0.15, 0.2) is 0 Å². The Kier molecular flexibility index (Phi) is 10.4. The van der Waals surface area contributed by atoms with E-state index in [1.54, 1.807) is 35.2 Å². The molecule has 1 aliphatic heterocycles. The van der Waals surface area contributed by atoms with Crippen molar-refractivity contribution in [2.75, 3.05) is 43.5 Å². The molecule has 0 spiro atoms. The van der Waals surface area contributed by atoms with E-state index < -0.39 is 36.2 Å². The van der Waals surface area contributed by atoms with Gasteiger partial charge in [-0.25, -0.2) is 9.18 Å². The maximum absolute atomic E-state index is 13.5. The zero-order valence-corrected chi connectivity index (χ0v) is 25.9. The van der Waals surface area contributed by atoms with Gasteiger partial charge in [-0.15, -0.1) is 0 Å². The van der Waals surface area contributed by atoms with E-state index in [-0.39, 0.29) is 16.9 Å². The number of rotatable bonds is 8. The summed E-state index contributed by atoms with van der Waals surface area (Å²) in [5.74, 6) is -2.54. The molecule has 0 bridgehead atoms. The maximum atomic E-state index is 13.5. The smallest absolute Gasteiger partial charge is 0.409 e. The lowest BCUT2D eigenvalue weighted by molar-refractivity contribution is -0.137. The molecule has 10 nitrogen and oxygen atoms in total. The molecule has 3 aromatic rings. The van der Waals surface area contributed by atoms with Crippen LogP contribution in [0.3, 0.4) is 0 Å². The van der Waals surface area contributed by atoms with Crippen LogP contribution in [0.2, 0.25) is 0 Å². The van der Waals surface area contributed by atoms with Crippen LogP contribution in [0.15, 0.2) is 66.7 Å². The lowest BCUT2D eigenvalue weighted by atomic mass is 9.86. The molecule has 3 N–H and O–H groups in total. The van der Waals surface area contributed by atoms with Crippen molar-refractivity contribution in [1.82, 2.24) is 10.2 Å². The van der Waals surface area contributed by atoms with Gasteiger partial charge in [-0.3, -0.25) is 14.4 Å². The largest absolute Gasteiger partial charge is 0.481 e. The summed E-state index contributed by atoms with van der Waals surface area (Å²) in [5.41, 5.74) is 3.12. The Bertz CT molecular complexity index is 1540. The van der Waals surface area contributed by atoms with Crippen LogP contribution in [0.25, 0.3) is 0 Å². The van der Waals surface area contributed by atoms with E-state index in [0.29, 0.717) is 55.1 Å². The van der Waals surface area contributed by atoms with Crippen molar-refractivity contribution >= 4 is 35.3 Å². The van der Waals surface area contributed by atoms with Gasteiger partial charge >= 0.3 is 12.1 Å². The molecule has 1 unspecified atom stereocenters. The third-order valence-corrected chi connectivity index (χ3v) is 7.75. The molecular formula is C34H39FN4O6. The van der Waals surface area contributed by atoms with E-state index in [1.807, 2.05) is 17.0 Å². The molecule has 11 heteroatoms. The molecule has 1 heterocycles. The number of nitrogens with one attached hydrogen (secondary N) is 2. The molecule has 4 rings (SSSR count). The maximum Gasteiger partial charge on any atom is 0.409 e. The highest BCUT2D eigenvalue weighted by Gasteiger charge is 2.24. The Hall–Kier alpha value is -4.93. The number of hydrogen-bond donors (Lipinski definition) is 3. The molecule has 0 saturated carbocycles. The quantitative estimate of drug-likeness (QED) is 0.300. The molecule has 3 aromatic carbocycles. The zero-order valence-electron chi connectivity index (χ0n) is 25.9. The molecule has 0 radical (unpaired) electrons. The summed E-state index contributed by atoms with van der Waals surface area (Å²) in [5, 5.41) is 15.2. The van der Waals surface area contributed by atoms with E-state index in [2.05, 4.69) is 31.4 Å². The molecule has 1 fully saturated rings. The van der Waals surface area contributed by atoms with Crippen LogP contribution in [-0.4, -0.2) is 67.2 Å². The minimum Gasteiger partial charge on any atom is -0.481 e. The van der Waals surface area contributed by atoms with Crippen molar-refractivity contribution in [3.8, 4) is 0 Å². The fraction of sp³-hybridized carbons (Fsp3) is 0.353. The number of carboxylic acid groups (broad SMARTS) is 1. The van der Waals surface area contributed by atoms with Crippen LogP contribution in [-0.2, 0) is 14.9 Å². The van der Waals surface area contributed by atoms with Gasteiger partial charge in [0.1, 0.15) is 5.82 Å². The molecule has 3 amide bonds. The summed E-state index contributed by atoms with van der Waals surface area (Å²) in [7, 11) is 1.34. The number of hydrogen-bond acceptors (Lipinski definition) is 6. The van der Waals surface area contributed by atoms with Crippen LogP contribution < -0.4 is 15.5 Å². The number of carbonyl (C=O) groups excluding carboxylic acids is 3. The predicted molar refractivity (Wildman–Crippen MR) is 169 cm³/mol. The standard InChI is InChI=1S/C34H39FN4O6/c1-34(2,3)25-11-6-23(7-12-25)31(42)37-28-20-24(10-15-29(28)38-16-5-17-39(19-18-38)33(44)45-4)32(43)36-27(21-30(40)41)22-8-13-26(35)14-9-22/h6-15,20,27H,5,16-19,21H2,1-4H3,(H,36,43)(H,37,42)(H,40,41). The zero-order chi connectivity index (χ0) is 32.7. The Morgan fingerprint density at radius 2 is 1.56 bits per heavy atom. The van der Waals surface area contributed by atoms with Gasteiger partial charge < -0.3 is 30.3 Å². The summed E-state index contributed by atoms with van der Waals surface area (Å²) in [6, 6.07) is 16.6. The Morgan fingerprint density at radius 1 is 0.889 bits per heavy atom. The number of halogens is 1. The second-order valence-corrected chi connectivity index (χ2v) is 12.0. The Balaban J connectivity index is 1.64. The first-order valence-electron chi connectivity index (χ1n) is 14.8. The number of carboxylic acids is 1. The van der Waals surface area contributed by atoms with Gasteiger partial charge in [0.05, 0.1) is 30.9 Å². The highest BCUT2D eigenvalue weighted by Crippen LogP contribution is 2.30. The lowest BCUT2D eigenvalue weighted by Crippen LogP contribution is -2.35. The van der Waals surface area contributed by atoms with Gasteiger partial charge in [0.2, 0.25) is 0 Å². The molecule has 0 aromatic heterocycles. The summed E-state index contributed by atoms with van der Waals surface area (Å²) in [6.07, 6.45) is -0.158. The van der Waals surface area contributed by atoms with Crippen molar-refractivity contribution in [2.45, 2.75) is 45.1 Å². The molecule has 45 heavy (non-hydrogen) atoms. The van der Waals surface area contributed by atoms with Gasteiger partial charge in [0, 0.05) is 37.3 Å². The molecular weight excluding hydrogens is 579 g/mol. The topological polar surface area (TPSA) is 128 Å². The normalized spacial score (nSPS) is 14.2. The van der Waals surface area contributed by atoms with E-state index in [1.165, 1.54) is 31.4 Å². The van der Waals surface area contributed by atoms with Crippen molar-refractivity contribution in [2.24, 2.45) is 0 Å². The number of benzene rings is 3. The first-order valence-corrected chi connectivity index (χ1v) is 14.8. The minimum absolute atomic E-state index is 0.0822. The van der Waals surface area contributed by atoms with Crippen molar-refractivity contribution < 1.29 is 33.4 Å². The number of aliphatic carboxylic acids is 1. The summed E-state index contributed by atoms with van der Waals surface area (Å²) < 4.78 is 18.4. The average molecular weight is 619 g/mol. The number of ether oxygens (including phenoxy) is 1. The van der Waals surface area contributed by atoms with Crippen LogP contribution in [0.5, 0.6) is 0 Å². The first-order chi connectivity index (χ1) is 21.3. The average Bonchev–Trinajstić information content (AvgIpc) is 3.26. The number of nitrogens with zero attached hydrogens (tertiary/aromatic N) is 2. The molecule has 0 aliphatic carbocycles. The fourth-order valence-corrected chi connectivity index (χ4v) is 5.20. The SMILES string of the molecule is COC(=O)N1CCCN(c2ccc(C(=O)NC(CC(=O)O)c3ccc(F)cc3)cc2NC(=O)c2ccc(C(C)(C)C)cc2)CC1. The fourth-order valence-electron chi connectivity index (χ4n) is 5.20. The first kappa shape index (κ1) is 33.0. The van der Waals surface area contributed by atoms with Gasteiger partial charge in [0.25, 0.3) is 11.8 Å². The van der Waals surface area contributed by atoms with Crippen LogP contribution >= 0.6 is 0 Å². The monoisotopic (exact) mass is 618 g/mol. The molecule has 238 valence electrons. The van der Waals surface area contributed by atoms with Crippen molar-refractivity contribution in [3.63, 3.8) is 0 Å². The van der Waals surface area contributed by atoms with Crippen LogP contribution in [0.1, 0.15) is 71.5 Å². The van der Waals surface area contributed by atoms with Gasteiger partial charge in [-0.2, -0.15) is 0 Å². The van der Waals surface area contributed by atoms with Gasteiger partial charge in [-0.1, -0.05) is 45.0 Å². The van der Waals surface area contributed by atoms with Gasteiger partial charge in [-0.05, 0) is 65.4 Å². The third-order valence-electron chi connectivity index (χ3n) is 7.75. The minimum atomic E-state index is -1.13. The number of methoxy groups -OCH3 is 1. The van der Waals surface area contributed by atoms with E-state index in [0.717, 1.165) is 5.56 Å². The van der Waals surface area contributed by atoms with Crippen molar-refractivity contribution in [3.05, 3.63) is 94.8 Å². The second-order valence-electron chi connectivity index (χ2n) is 12.0. The van der Waals surface area contributed by atoms with Crippen LogP contribution in [0.4, 0.5) is 20.6 Å². The number of carbonyl (C=O) groups is 4. The van der Waals surface area contributed by atoms with E-state index >= 15 is 0 Å². The summed E-state index contributed by atoms with van der Waals surface area (Å²) in [4.78, 5) is 54.3. The predicted octanol–water partition coefficient (Wildman–Crippen LogP) is 5.60. The molecule has 1 saturated heterocycles. The Morgan fingerprint density at radius 3 is 2.18 bits per heavy atom. The molecule has 1 atom stereocenters. The number of amides is 3. The lowest BCUT2D eigenvalue weighted by Gasteiger charge is -2.26. The number of anilines is 2. The van der Waals surface area contributed by atoms with Crippen LogP contribution in [0, 0.1) is 5.82 Å². The van der Waals surface area contributed by atoms with Crippen molar-refractivity contribution in [1.29, 1.82) is 0 Å². The third kappa shape index (κ3) is 8.59. The Labute approximate surface area is 262 Å². The summed E-state index contributed by atoms with van der Waals surface area (Å²) >= 11 is 0. The van der Waals surface area contributed by atoms with E-state index in [4.69, 9.17) is 4.74 Å². The van der Waals surface area contributed by atoms with E-state index in [9.17, 15) is 28.7 Å². The summed E-state index contributed by atoms with van der Waals surface area (Å²) in [6.45, 7) is 8.24. The molecule has 1 aliphatic rings.